The average molecular weight is 422 g/mol. The number of thioether (sulfide) groups is 1. The molecular weight excluding hydrogens is 394 g/mol. The van der Waals surface area contributed by atoms with Crippen LogP contribution < -0.4 is 16.0 Å². The van der Waals surface area contributed by atoms with Gasteiger partial charge in [0.25, 0.3) is 0 Å². The fourth-order valence-corrected chi connectivity index (χ4v) is 5.24. The van der Waals surface area contributed by atoms with Crippen LogP contribution in [0, 0.1) is 0 Å². The van der Waals surface area contributed by atoms with E-state index in [1.165, 1.54) is 11.3 Å². The molecule has 0 spiro atoms. The fraction of sp³-hybridized carbons (Fsp3) is 0.435. The molecule has 3 aliphatic rings. The van der Waals surface area contributed by atoms with Crippen LogP contribution in [0.3, 0.4) is 0 Å². The molecule has 1 aromatic carbocycles. The molecule has 0 bridgehead atoms. The van der Waals surface area contributed by atoms with E-state index in [0.29, 0.717) is 18.2 Å². The first-order valence-corrected chi connectivity index (χ1v) is 12.0. The Bertz CT molecular complexity index is 1010. The summed E-state index contributed by atoms with van der Waals surface area (Å²) in [6, 6.07) is 8.43. The van der Waals surface area contributed by atoms with Gasteiger partial charge >= 0.3 is 0 Å². The molecule has 30 heavy (non-hydrogen) atoms. The molecule has 0 amide bonds. The first-order valence-electron chi connectivity index (χ1n) is 10.8. The molecule has 156 valence electrons. The molecule has 0 unspecified atom stereocenters. The number of aromatic nitrogens is 2. The molecule has 1 fully saturated rings. The summed E-state index contributed by atoms with van der Waals surface area (Å²) in [5.74, 6) is 1.91. The number of nitrogen functional groups attached to an aromatic ring is 1. The van der Waals surface area contributed by atoms with Crippen LogP contribution >= 0.6 is 11.8 Å². The Morgan fingerprint density at radius 3 is 2.57 bits per heavy atom. The zero-order valence-electron chi connectivity index (χ0n) is 17.3. The Hall–Kier alpha value is -2.54. The number of fused-ring (bicyclic) bond motifs is 1. The number of rotatable bonds is 3. The lowest BCUT2D eigenvalue weighted by Crippen LogP contribution is -2.33. The van der Waals surface area contributed by atoms with Gasteiger partial charge in [0.05, 0.1) is 0 Å². The molecule has 3 N–H and O–H groups in total. The highest BCUT2D eigenvalue weighted by Gasteiger charge is 2.38. The molecule has 6 nitrogen and oxygen atoms in total. The van der Waals surface area contributed by atoms with Gasteiger partial charge in [-0.05, 0) is 56.1 Å². The van der Waals surface area contributed by atoms with Gasteiger partial charge < -0.3 is 16.0 Å². The molecule has 1 saturated heterocycles. The standard InChI is InChI=1S/C23H27N5OS/c1-30-15-10-8-14(9-11-15)18-19-16(6-5-7-17(19)29)25-22-20(18)21(24)26-23(27-22)28-12-3-2-4-13-28/h8-11,18H,2-7,12-13H2,1H3,(H3,24,25,26,27)/t18-/m1/s1. The van der Waals surface area contributed by atoms with Crippen LogP contribution in [0.15, 0.2) is 40.4 Å². The number of Topliss-reactive ketones (excluding diaryl/α,β-unsaturated/α-hetero) is 1. The van der Waals surface area contributed by atoms with Crippen molar-refractivity contribution in [2.24, 2.45) is 0 Å². The van der Waals surface area contributed by atoms with Crippen molar-refractivity contribution >= 4 is 35.1 Å². The summed E-state index contributed by atoms with van der Waals surface area (Å²) < 4.78 is 0. The summed E-state index contributed by atoms with van der Waals surface area (Å²) >= 11 is 1.71. The number of nitrogens with two attached hydrogens (primary N) is 1. The van der Waals surface area contributed by atoms with E-state index in [1.54, 1.807) is 11.8 Å². The van der Waals surface area contributed by atoms with Crippen molar-refractivity contribution in [3.05, 3.63) is 46.7 Å². The van der Waals surface area contributed by atoms with Gasteiger partial charge in [-0.1, -0.05) is 12.1 Å². The van der Waals surface area contributed by atoms with Crippen LogP contribution in [0.2, 0.25) is 0 Å². The van der Waals surface area contributed by atoms with Crippen molar-refractivity contribution in [2.75, 3.05) is 35.3 Å². The third kappa shape index (κ3) is 3.35. The van der Waals surface area contributed by atoms with E-state index < -0.39 is 0 Å². The Morgan fingerprint density at radius 2 is 1.83 bits per heavy atom. The number of ketones is 1. The number of carbonyl (C=O) groups is 1. The van der Waals surface area contributed by atoms with E-state index in [0.717, 1.165) is 67.0 Å². The molecule has 1 aromatic heterocycles. The highest BCUT2D eigenvalue weighted by molar-refractivity contribution is 7.98. The third-order valence-electron chi connectivity index (χ3n) is 6.35. The zero-order valence-corrected chi connectivity index (χ0v) is 18.1. The number of nitrogens with one attached hydrogen (secondary N) is 1. The number of hydrogen-bond donors (Lipinski definition) is 2. The molecule has 2 aliphatic heterocycles. The number of anilines is 3. The van der Waals surface area contributed by atoms with E-state index in [4.69, 9.17) is 15.7 Å². The lowest BCUT2D eigenvalue weighted by molar-refractivity contribution is -0.116. The highest BCUT2D eigenvalue weighted by atomic mass is 32.2. The molecule has 0 radical (unpaired) electrons. The van der Waals surface area contributed by atoms with E-state index >= 15 is 0 Å². The quantitative estimate of drug-likeness (QED) is 0.713. The molecular formula is C23H27N5OS. The molecule has 0 saturated carbocycles. The van der Waals surface area contributed by atoms with Crippen molar-refractivity contribution in [3.63, 3.8) is 0 Å². The van der Waals surface area contributed by atoms with Crippen LogP contribution in [0.1, 0.15) is 55.6 Å². The lowest BCUT2D eigenvalue weighted by atomic mass is 9.76. The molecule has 5 rings (SSSR count). The highest BCUT2D eigenvalue weighted by Crippen LogP contribution is 2.47. The van der Waals surface area contributed by atoms with Crippen LogP contribution in [0.5, 0.6) is 0 Å². The zero-order chi connectivity index (χ0) is 20.7. The summed E-state index contributed by atoms with van der Waals surface area (Å²) in [7, 11) is 0. The fourth-order valence-electron chi connectivity index (χ4n) is 4.84. The summed E-state index contributed by atoms with van der Waals surface area (Å²) in [5, 5.41) is 3.47. The van der Waals surface area contributed by atoms with Crippen LogP contribution in [-0.2, 0) is 4.79 Å². The second kappa shape index (κ2) is 7.95. The first-order chi connectivity index (χ1) is 14.7. The smallest absolute Gasteiger partial charge is 0.229 e. The maximum Gasteiger partial charge on any atom is 0.229 e. The summed E-state index contributed by atoms with van der Waals surface area (Å²) in [4.78, 5) is 26.0. The molecule has 3 heterocycles. The van der Waals surface area contributed by atoms with E-state index in [-0.39, 0.29) is 11.7 Å². The van der Waals surface area contributed by atoms with Gasteiger partial charge in [0.2, 0.25) is 5.95 Å². The Balaban J connectivity index is 1.64. The summed E-state index contributed by atoms with van der Waals surface area (Å²) in [6.45, 7) is 1.93. The van der Waals surface area contributed by atoms with Gasteiger partial charge in [-0.15, -0.1) is 11.8 Å². The Labute approximate surface area is 181 Å². The van der Waals surface area contributed by atoms with Gasteiger partial charge in [0.15, 0.2) is 5.78 Å². The topological polar surface area (TPSA) is 84.1 Å². The summed E-state index contributed by atoms with van der Waals surface area (Å²) in [5.41, 5.74) is 10.3. The van der Waals surface area contributed by atoms with Crippen LogP contribution in [0.25, 0.3) is 0 Å². The van der Waals surface area contributed by atoms with Crippen molar-refractivity contribution in [3.8, 4) is 0 Å². The molecule has 1 atom stereocenters. The second-order valence-corrected chi connectivity index (χ2v) is 9.10. The number of allylic oxidation sites excluding steroid dienone is 2. The molecule has 2 aromatic rings. The maximum absolute atomic E-state index is 13.0. The third-order valence-corrected chi connectivity index (χ3v) is 7.10. The minimum atomic E-state index is -0.213. The average Bonchev–Trinajstić information content (AvgIpc) is 2.78. The largest absolute Gasteiger partial charge is 0.383 e. The van der Waals surface area contributed by atoms with E-state index in [9.17, 15) is 4.79 Å². The molecule has 1 aliphatic carbocycles. The normalized spacial score (nSPS) is 21.2. The first kappa shape index (κ1) is 19.4. The van der Waals surface area contributed by atoms with E-state index in [2.05, 4.69) is 40.7 Å². The van der Waals surface area contributed by atoms with Crippen LogP contribution in [-0.4, -0.2) is 35.1 Å². The predicted molar refractivity (Wildman–Crippen MR) is 122 cm³/mol. The molecule has 7 heteroatoms. The number of benzene rings is 1. The Kier molecular flexibility index (Phi) is 5.15. The number of hydrogen-bond acceptors (Lipinski definition) is 7. The van der Waals surface area contributed by atoms with Gasteiger partial charge in [-0.2, -0.15) is 9.97 Å². The maximum atomic E-state index is 13.0. The number of carbonyl (C=O) groups excluding carboxylic acids is 1. The van der Waals surface area contributed by atoms with E-state index in [1.807, 2.05) is 0 Å². The number of nitrogens with zero attached hydrogens (tertiary/aromatic N) is 3. The van der Waals surface area contributed by atoms with Gasteiger partial charge in [-0.25, -0.2) is 0 Å². The monoisotopic (exact) mass is 421 g/mol. The van der Waals surface area contributed by atoms with Crippen LogP contribution in [0.4, 0.5) is 17.6 Å². The van der Waals surface area contributed by atoms with Crippen molar-refractivity contribution in [1.29, 1.82) is 0 Å². The summed E-state index contributed by atoms with van der Waals surface area (Å²) in [6.07, 6.45) is 7.95. The number of piperidine rings is 1. The van der Waals surface area contributed by atoms with Crippen molar-refractivity contribution in [2.45, 2.75) is 49.3 Å². The lowest BCUT2D eigenvalue weighted by Gasteiger charge is -2.35. The SMILES string of the molecule is CSc1ccc([C@@H]2C3=C(CCCC3=O)Nc3nc(N4CCCCC4)nc(N)c32)cc1. The Morgan fingerprint density at radius 1 is 1.07 bits per heavy atom. The van der Waals surface area contributed by atoms with Crippen molar-refractivity contribution in [1.82, 2.24) is 9.97 Å². The predicted octanol–water partition coefficient (Wildman–Crippen LogP) is 4.34. The van der Waals surface area contributed by atoms with Crippen molar-refractivity contribution < 1.29 is 4.79 Å². The minimum Gasteiger partial charge on any atom is -0.383 e. The van der Waals surface area contributed by atoms with Gasteiger partial charge in [0, 0.05) is 47.2 Å². The second-order valence-electron chi connectivity index (χ2n) is 8.22. The van der Waals surface area contributed by atoms with Gasteiger partial charge in [-0.3, -0.25) is 4.79 Å². The van der Waals surface area contributed by atoms with Gasteiger partial charge in [0.1, 0.15) is 11.6 Å². The minimum absolute atomic E-state index is 0.202.